The monoisotopic (exact) mass is 187 g/mol. The molecule has 0 bridgehead atoms. The van der Waals surface area contributed by atoms with Crippen LogP contribution < -0.4 is 0 Å². The molecule has 1 aliphatic carbocycles. The summed E-state index contributed by atoms with van der Waals surface area (Å²) in [6.07, 6.45) is 10.00. The van der Waals surface area contributed by atoms with Crippen molar-refractivity contribution in [2.45, 2.75) is 44.9 Å². The van der Waals surface area contributed by atoms with Gasteiger partial charge in [-0.2, -0.15) is 0 Å². The summed E-state index contributed by atoms with van der Waals surface area (Å²) in [5.74, 6) is 1.01. The van der Waals surface area contributed by atoms with Gasteiger partial charge in [0.15, 0.2) is 0 Å². The van der Waals surface area contributed by atoms with E-state index in [1.807, 2.05) is 12.1 Å². The number of hydrogen-bond donors (Lipinski definition) is 0. The van der Waals surface area contributed by atoms with E-state index in [1.165, 1.54) is 50.5 Å². The van der Waals surface area contributed by atoms with Gasteiger partial charge in [0.05, 0.1) is 0 Å². The van der Waals surface area contributed by atoms with Crippen LogP contribution in [0.1, 0.15) is 44.1 Å². The van der Waals surface area contributed by atoms with E-state index in [0.29, 0.717) is 0 Å². The summed E-state index contributed by atoms with van der Waals surface area (Å²) in [7, 11) is 0. The summed E-state index contributed by atoms with van der Waals surface area (Å²) in [4.78, 5) is 0. The van der Waals surface area contributed by atoms with Crippen molar-refractivity contribution in [3.8, 4) is 0 Å². The number of benzene rings is 1. The van der Waals surface area contributed by atoms with Crippen molar-refractivity contribution in [2.75, 3.05) is 0 Å². The summed E-state index contributed by atoms with van der Waals surface area (Å²) < 4.78 is 0. The second-order valence-corrected chi connectivity index (χ2v) is 4.45. The van der Waals surface area contributed by atoms with E-state index >= 15 is 0 Å². The van der Waals surface area contributed by atoms with Crippen molar-refractivity contribution in [2.24, 2.45) is 5.92 Å². The minimum absolute atomic E-state index is 1.01. The molecule has 1 aliphatic rings. The molecule has 75 valence electrons. The Morgan fingerprint density at radius 1 is 1.07 bits per heavy atom. The molecule has 0 spiro atoms. The number of aryl methyl sites for hydroxylation is 1. The lowest BCUT2D eigenvalue weighted by Gasteiger charge is -2.21. The summed E-state index contributed by atoms with van der Waals surface area (Å²) in [5.41, 5.74) is 1.48. The minimum atomic E-state index is 1.01. The van der Waals surface area contributed by atoms with Gasteiger partial charge in [0.1, 0.15) is 0 Å². The lowest BCUT2D eigenvalue weighted by atomic mass is 9.85. The van der Waals surface area contributed by atoms with Gasteiger partial charge in [0.2, 0.25) is 0 Å². The fourth-order valence-electron chi connectivity index (χ4n) is 2.43. The standard InChI is InChI=1S/C14H19/c1-3-7-13(8-4-1)11-12-14-9-5-2-6-10-14/h5-6,9-10,13H,1,3-4,7-8,11-12H2. The Labute approximate surface area is 87.3 Å². The minimum Gasteiger partial charge on any atom is -0.0584 e. The van der Waals surface area contributed by atoms with Gasteiger partial charge in [-0.15, -0.1) is 0 Å². The van der Waals surface area contributed by atoms with Crippen LogP contribution in [0.15, 0.2) is 24.3 Å². The van der Waals surface area contributed by atoms with Crippen LogP contribution in [0.4, 0.5) is 0 Å². The molecule has 1 fully saturated rings. The average Bonchev–Trinajstić information content (AvgIpc) is 2.29. The highest BCUT2D eigenvalue weighted by atomic mass is 14.2. The SMILES string of the molecule is [c]1ccc(CCC2CCCCC2)cc1. The van der Waals surface area contributed by atoms with Gasteiger partial charge in [-0.3, -0.25) is 0 Å². The lowest BCUT2D eigenvalue weighted by Crippen LogP contribution is -2.07. The maximum atomic E-state index is 3.07. The molecule has 0 aliphatic heterocycles. The van der Waals surface area contributed by atoms with E-state index in [9.17, 15) is 0 Å². The van der Waals surface area contributed by atoms with Crippen LogP contribution in [-0.4, -0.2) is 0 Å². The van der Waals surface area contributed by atoms with Gasteiger partial charge < -0.3 is 0 Å². The molecule has 14 heavy (non-hydrogen) atoms. The molecule has 0 saturated heterocycles. The van der Waals surface area contributed by atoms with E-state index in [4.69, 9.17) is 0 Å². The maximum absolute atomic E-state index is 3.07. The highest BCUT2D eigenvalue weighted by molar-refractivity contribution is 5.13. The van der Waals surface area contributed by atoms with Gasteiger partial charge >= 0.3 is 0 Å². The Balaban J connectivity index is 1.76. The third-order valence-corrected chi connectivity index (χ3v) is 3.35. The first kappa shape index (κ1) is 9.76. The Kier molecular flexibility index (Phi) is 3.62. The number of rotatable bonds is 3. The molecule has 0 atom stereocenters. The molecule has 0 heteroatoms. The molecule has 1 saturated carbocycles. The first-order valence-electron chi connectivity index (χ1n) is 5.90. The van der Waals surface area contributed by atoms with E-state index in [2.05, 4.69) is 18.2 Å². The normalized spacial score (nSPS) is 18.3. The largest absolute Gasteiger partial charge is 0.0584 e. The Morgan fingerprint density at radius 2 is 1.79 bits per heavy atom. The van der Waals surface area contributed by atoms with Gasteiger partial charge in [-0.05, 0) is 30.4 Å². The fraction of sp³-hybridized carbons (Fsp3) is 0.571. The van der Waals surface area contributed by atoms with Gasteiger partial charge in [-0.1, -0.05) is 56.4 Å². The van der Waals surface area contributed by atoms with Crippen molar-refractivity contribution in [1.29, 1.82) is 0 Å². The van der Waals surface area contributed by atoms with E-state index in [-0.39, 0.29) is 0 Å². The van der Waals surface area contributed by atoms with Gasteiger partial charge in [-0.25, -0.2) is 0 Å². The van der Waals surface area contributed by atoms with Crippen LogP contribution in [0.2, 0.25) is 0 Å². The molecule has 0 aromatic heterocycles. The van der Waals surface area contributed by atoms with Crippen LogP contribution in [0.3, 0.4) is 0 Å². The molecule has 0 amide bonds. The molecule has 0 N–H and O–H groups in total. The lowest BCUT2D eigenvalue weighted by molar-refractivity contribution is 0.339. The molecule has 1 radical (unpaired) electrons. The summed E-state index contributed by atoms with van der Waals surface area (Å²) >= 11 is 0. The fourth-order valence-corrected chi connectivity index (χ4v) is 2.43. The topological polar surface area (TPSA) is 0 Å². The van der Waals surface area contributed by atoms with Gasteiger partial charge in [0.25, 0.3) is 0 Å². The van der Waals surface area contributed by atoms with Crippen molar-refractivity contribution in [1.82, 2.24) is 0 Å². The van der Waals surface area contributed by atoms with Crippen molar-refractivity contribution in [3.63, 3.8) is 0 Å². The third kappa shape index (κ3) is 2.87. The Hall–Kier alpha value is -0.780. The molecule has 1 aromatic carbocycles. The average molecular weight is 187 g/mol. The second-order valence-electron chi connectivity index (χ2n) is 4.45. The van der Waals surface area contributed by atoms with Crippen molar-refractivity contribution in [3.05, 3.63) is 35.9 Å². The molecule has 1 aromatic rings. The van der Waals surface area contributed by atoms with Crippen molar-refractivity contribution < 1.29 is 0 Å². The van der Waals surface area contributed by atoms with E-state index in [1.54, 1.807) is 0 Å². The predicted molar refractivity (Wildman–Crippen MR) is 60.2 cm³/mol. The molecule has 0 heterocycles. The summed E-state index contributed by atoms with van der Waals surface area (Å²) in [6.45, 7) is 0. The second kappa shape index (κ2) is 5.19. The Bertz CT molecular complexity index is 244. The summed E-state index contributed by atoms with van der Waals surface area (Å²) in [5, 5.41) is 0. The molecular formula is C14H19. The Morgan fingerprint density at radius 3 is 2.50 bits per heavy atom. The zero-order chi connectivity index (χ0) is 9.64. The highest BCUT2D eigenvalue weighted by Gasteiger charge is 2.12. The van der Waals surface area contributed by atoms with Crippen LogP contribution in [0.5, 0.6) is 0 Å². The zero-order valence-corrected chi connectivity index (χ0v) is 8.84. The number of hydrogen-bond acceptors (Lipinski definition) is 0. The van der Waals surface area contributed by atoms with E-state index < -0.39 is 0 Å². The quantitative estimate of drug-likeness (QED) is 0.671. The molecular weight excluding hydrogens is 168 g/mol. The molecule has 2 rings (SSSR count). The highest BCUT2D eigenvalue weighted by Crippen LogP contribution is 2.27. The summed E-state index contributed by atoms with van der Waals surface area (Å²) in [6, 6.07) is 11.5. The van der Waals surface area contributed by atoms with E-state index in [0.717, 1.165) is 5.92 Å². The smallest absolute Gasteiger partial charge is 0.0184 e. The third-order valence-electron chi connectivity index (χ3n) is 3.35. The van der Waals surface area contributed by atoms with Crippen LogP contribution in [0, 0.1) is 12.0 Å². The van der Waals surface area contributed by atoms with Crippen molar-refractivity contribution >= 4 is 0 Å². The molecule has 0 nitrogen and oxygen atoms in total. The predicted octanol–water partition coefficient (Wildman–Crippen LogP) is 4.00. The first-order valence-corrected chi connectivity index (χ1v) is 5.90. The van der Waals surface area contributed by atoms with Crippen LogP contribution in [-0.2, 0) is 6.42 Å². The van der Waals surface area contributed by atoms with Gasteiger partial charge in [0, 0.05) is 0 Å². The molecule has 0 unspecified atom stereocenters. The first-order chi connectivity index (χ1) is 6.95. The maximum Gasteiger partial charge on any atom is -0.0184 e. The van der Waals surface area contributed by atoms with Crippen LogP contribution in [0.25, 0.3) is 0 Å². The van der Waals surface area contributed by atoms with Crippen LogP contribution >= 0.6 is 0 Å². The zero-order valence-electron chi connectivity index (χ0n) is 8.84.